The molecule has 2 rings (SSSR count). The van der Waals surface area contributed by atoms with Gasteiger partial charge in [0.2, 0.25) is 0 Å². The number of aryl methyl sites for hydroxylation is 3. The van der Waals surface area contributed by atoms with Crippen molar-refractivity contribution in [2.24, 2.45) is 0 Å². The van der Waals surface area contributed by atoms with Gasteiger partial charge in [-0.2, -0.15) is 0 Å². The van der Waals surface area contributed by atoms with E-state index in [-0.39, 0.29) is 0 Å². The predicted octanol–water partition coefficient (Wildman–Crippen LogP) is 5.73. The van der Waals surface area contributed by atoms with Crippen molar-refractivity contribution in [2.75, 3.05) is 0 Å². The molecule has 0 aliphatic carbocycles. The van der Waals surface area contributed by atoms with Crippen LogP contribution >= 0.6 is 0 Å². The Morgan fingerprint density at radius 1 is 0.900 bits per heavy atom. The van der Waals surface area contributed by atoms with E-state index in [9.17, 15) is 0 Å². The van der Waals surface area contributed by atoms with Crippen molar-refractivity contribution in [3.8, 4) is 0 Å². The lowest BCUT2D eigenvalue weighted by atomic mass is 9.90. The van der Waals surface area contributed by atoms with Crippen LogP contribution in [0.4, 0.5) is 0 Å². The largest absolute Gasteiger partial charge is 0.0905 e. The summed E-state index contributed by atoms with van der Waals surface area (Å²) in [6.07, 6.45) is 2.15. The van der Waals surface area contributed by atoms with Crippen molar-refractivity contribution in [3.05, 3.63) is 82.9 Å². The Hall–Kier alpha value is -2.08. The van der Waals surface area contributed by atoms with Gasteiger partial charge in [0.15, 0.2) is 0 Å². The predicted molar refractivity (Wildman–Crippen MR) is 89.8 cm³/mol. The molecule has 0 radical (unpaired) electrons. The van der Waals surface area contributed by atoms with E-state index in [2.05, 4.69) is 82.8 Å². The molecular weight excluding hydrogens is 240 g/mol. The molecule has 0 N–H and O–H groups in total. The number of rotatable bonds is 3. The lowest BCUT2D eigenvalue weighted by Crippen LogP contribution is -1.93. The van der Waals surface area contributed by atoms with Crippen LogP contribution in [0.15, 0.2) is 55.1 Å². The van der Waals surface area contributed by atoms with Crippen molar-refractivity contribution in [1.29, 1.82) is 0 Å². The standard InChI is InChI=1S/C20H22/c1-6-19(18-10-7-14(2)8-11-18)17(5)20-12-9-15(3)13-16(20)4/h6-13H,5H2,1-4H3/b19-6+. The van der Waals surface area contributed by atoms with Crippen LogP contribution in [0.5, 0.6) is 0 Å². The molecule has 0 unspecified atom stereocenters. The average molecular weight is 262 g/mol. The van der Waals surface area contributed by atoms with E-state index in [0.717, 1.165) is 5.57 Å². The van der Waals surface area contributed by atoms with Gasteiger partial charge in [-0.3, -0.25) is 0 Å². The number of allylic oxidation sites excluding steroid dienone is 3. The van der Waals surface area contributed by atoms with Gasteiger partial charge < -0.3 is 0 Å². The molecular formula is C20H22. The molecule has 0 aliphatic rings. The van der Waals surface area contributed by atoms with Crippen LogP contribution < -0.4 is 0 Å². The van der Waals surface area contributed by atoms with E-state index < -0.39 is 0 Å². The molecule has 0 heterocycles. The highest BCUT2D eigenvalue weighted by molar-refractivity contribution is 6.04. The first-order chi connectivity index (χ1) is 9.52. The maximum Gasteiger partial charge on any atom is -0.0154 e. The van der Waals surface area contributed by atoms with Gasteiger partial charge in [0.1, 0.15) is 0 Å². The summed E-state index contributed by atoms with van der Waals surface area (Å²) in [5.41, 5.74) is 8.59. The van der Waals surface area contributed by atoms with Crippen LogP contribution in [0.1, 0.15) is 34.7 Å². The monoisotopic (exact) mass is 262 g/mol. The van der Waals surface area contributed by atoms with E-state index in [0.29, 0.717) is 0 Å². The van der Waals surface area contributed by atoms with Crippen molar-refractivity contribution in [2.45, 2.75) is 27.7 Å². The second kappa shape index (κ2) is 5.92. The highest BCUT2D eigenvalue weighted by Crippen LogP contribution is 2.31. The van der Waals surface area contributed by atoms with E-state index in [1.807, 2.05) is 0 Å². The quantitative estimate of drug-likeness (QED) is 0.620. The van der Waals surface area contributed by atoms with E-state index in [4.69, 9.17) is 0 Å². The second-order valence-electron chi connectivity index (χ2n) is 5.37. The summed E-state index contributed by atoms with van der Waals surface area (Å²) in [6, 6.07) is 15.2. The number of hydrogen-bond acceptors (Lipinski definition) is 0. The zero-order chi connectivity index (χ0) is 14.7. The fourth-order valence-corrected chi connectivity index (χ4v) is 2.55. The number of benzene rings is 2. The molecule has 0 fully saturated rings. The van der Waals surface area contributed by atoms with Crippen molar-refractivity contribution in [1.82, 2.24) is 0 Å². The summed E-state index contributed by atoms with van der Waals surface area (Å²) in [4.78, 5) is 0. The summed E-state index contributed by atoms with van der Waals surface area (Å²) in [5.74, 6) is 0. The van der Waals surface area contributed by atoms with Crippen LogP contribution in [0.25, 0.3) is 11.1 Å². The Labute approximate surface area is 122 Å². The topological polar surface area (TPSA) is 0 Å². The fraction of sp³-hybridized carbons (Fsp3) is 0.200. The molecule has 0 saturated heterocycles. The van der Waals surface area contributed by atoms with Gasteiger partial charge in [0.25, 0.3) is 0 Å². The molecule has 0 atom stereocenters. The Kier molecular flexibility index (Phi) is 4.24. The summed E-state index contributed by atoms with van der Waals surface area (Å²) in [7, 11) is 0. The average Bonchev–Trinajstić information content (AvgIpc) is 2.41. The van der Waals surface area contributed by atoms with Crippen molar-refractivity contribution >= 4 is 11.1 Å². The Morgan fingerprint density at radius 3 is 2.05 bits per heavy atom. The minimum Gasteiger partial charge on any atom is -0.0905 e. The van der Waals surface area contributed by atoms with E-state index in [1.165, 1.54) is 33.4 Å². The maximum atomic E-state index is 4.32. The van der Waals surface area contributed by atoms with Crippen molar-refractivity contribution < 1.29 is 0 Å². The van der Waals surface area contributed by atoms with Crippen LogP contribution in [-0.4, -0.2) is 0 Å². The van der Waals surface area contributed by atoms with Crippen molar-refractivity contribution in [3.63, 3.8) is 0 Å². The summed E-state index contributed by atoms with van der Waals surface area (Å²) < 4.78 is 0. The molecule has 102 valence electrons. The molecule has 0 aromatic heterocycles. The molecule has 0 amide bonds. The maximum absolute atomic E-state index is 4.32. The number of hydrogen-bond donors (Lipinski definition) is 0. The molecule has 2 aromatic carbocycles. The SMILES string of the molecule is C=C(/C(=C\C)c1ccc(C)cc1)c1ccc(C)cc1C. The highest BCUT2D eigenvalue weighted by atomic mass is 14.1. The third-order valence-corrected chi connectivity index (χ3v) is 3.68. The van der Waals surface area contributed by atoms with Crippen LogP contribution in [0, 0.1) is 20.8 Å². The first-order valence-corrected chi connectivity index (χ1v) is 7.03. The highest BCUT2D eigenvalue weighted by Gasteiger charge is 2.09. The van der Waals surface area contributed by atoms with Gasteiger partial charge in [0.05, 0.1) is 0 Å². The fourth-order valence-electron chi connectivity index (χ4n) is 2.55. The molecule has 20 heavy (non-hydrogen) atoms. The van der Waals surface area contributed by atoms with Gasteiger partial charge in [-0.25, -0.2) is 0 Å². The zero-order valence-electron chi connectivity index (χ0n) is 12.8. The Morgan fingerprint density at radius 2 is 1.50 bits per heavy atom. The van der Waals surface area contributed by atoms with Gasteiger partial charge >= 0.3 is 0 Å². The lowest BCUT2D eigenvalue weighted by molar-refractivity contribution is 1.36. The Balaban J connectivity index is 2.42. The third-order valence-electron chi connectivity index (χ3n) is 3.68. The molecule has 0 aliphatic heterocycles. The molecule has 0 heteroatoms. The smallest absolute Gasteiger partial charge is 0.0154 e. The normalized spacial score (nSPS) is 11.5. The van der Waals surface area contributed by atoms with Gasteiger partial charge in [-0.05, 0) is 55.5 Å². The van der Waals surface area contributed by atoms with Gasteiger partial charge in [-0.15, -0.1) is 0 Å². The molecule has 0 bridgehead atoms. The Bertz CT molecular complexity index is 655. The van der Waals surface area contributed by atoms with Crippen LogP contribution in [0.3, 0.4) is 0 Å². The van der Waals surface area contributed by atoms with Gasteiger partial charge in [0, 0.05) is 0 Å². The van der Waals surface area contributed by atoms with E-state index >= 15 is 0 Å². The minimum atomic E-state index is 1.09. The summed E-state index contributed by atoms with van der Waals surface area (Å²) in [6.45, 7) is 12.8. The molecule has 0 saturated carbocycles. The van der Waals surface area contributed by atoms with Crippen LogP contribution in [-0.2, 0) is 0 Å². The van der Waals surface area contributed by atoms with Gasteiger partial charge in [-0.1, -0.05) is 66.2 Å². The third kappa shape index (κ3) is 2.91. The second-order valence-corrected chi connectivity index (χ2v) is 5.37. The summed E-state index contributed by atoms with van der Waals surface area (Å²) in [5, 5.41) is 0. The zero-order valence-corrected chi connectivity index (χ0v) is 12.8. The summed E-state index contributed by atoms with van der Waals surface area (Å²) >= 11 is 0. The molecule has 2 aromatic rings. The first-order valence-electron chi connectivity index (χ1n) is 7.03. The molecule has 0 spiro atoms. The van der Waals surface area contributed by atoms with E-state index in [1.54, 1.807) is 0 Å². The first kappa shape index (κ1) is 14.3. The minimum absolute atomic E-state index is 1.09. The van der Waals surface area contributed by atoms with Crippen LogP contribution in [0.2, 0.25) is 0 Å². The lowest BCUT2D eigenvalue weighted by Gasteiger charge is -2.14. The molecule has 0 nitrogen and oxygen atoms in total.